The van der Waals surface area contributed by atoms with Crippen molar-refractivity contribution in [2.75, 3.05) is 13.6 Å². The third-order valence-electron chi connectivity index (χ3n) is 3.22. The summed E-state index contributed by atoms with van der Waals surface area (Å²) in [5, 5.41) is 12.9. The molecule has 1 amide bonds. The smallest absolute Gasteiger partial charge is 0.341 e. The van der Waals surface area contributed by atoms with E-state index in [0.717, 1.165) is 12.1 Å². The van der Waals surface area contributed by atoms with E-state index in [4.69, 9.17) is 11.6 Å². The number of halogens is 4. The van der Waals surface area contributed by atoms with E-state index in [1.807, 2.05) is 0 Å². The summed E-state index contributed by atoms with van der Waals surface area (Å²) in [7, 11) is 1.49. The number of carbonyl (C=O) groups excluding carboxylic acids is 1. The van der Waals surface area contributed by atoms with Crippen molar-refractivity contribution in [2.45, 2.75) is 19.0 Å². The van der Waals surface area contributed by atoms with Gasteiger partial charge in [0.2, 0.25) is 0 Å². The lowest BCUT2D eigenvalue weighted by Crippen LogP contribution is -2.31. The largest absolute Gasteiger partial charge is 0.417 e. The van der Waals surface area contributed by atoms with E-state index in [-0.39, 0.29) is 18.0 Å². The molecule has 6 nitrogen and oxygen atoms in total. The molecule has 1 aromatic carbocycles. The number of rotatable bonds is 4. The minimum atomic E-state index is -4.62. The molecular weight excluding hydrogens is 335 g/mol. The molecule has 0 saturated carbocycles. The van der Waals surface area contributed by atoms with Crippen LogP contribution in [0.25, 0.3) is 0 Å². The van der Waals surface area contributed by atoms with Gasteiger partial charge in [0.25, 0.3) is 5.91 Å². The predicted molar refractivity (Wildman–Crippen MR) is 76.0 cm³/mol. The first-order valence-electron chi connectivity index (χ1n) is 6.55. The number of amides is 1. The highest BCUT2D eigenvalue weighted by atomic mass is 35.5. The Bertz CT molecular complexity index is 689. The summed E-state index contributed by atoms with van der Waals surface area (Å²) in [5.74, 6) is -0.365. The van der Waals surface area contributed by atoms with Crippen molar-refractivity contribution in [2.24, 2.45) is 0 Å². The van der Waals surface area contributed by atoms with Crippen LogP contribution in [0.15, 0.2) is 18.2 Å². The summed E-state index contributed by atoms with van der Waals surface area (Å²) in [6.45, 7) is 2.00. The van der Waals surface area contributed by atoms with Gasteiger partial charge in [-0.2, -0.15) is 18.4 Å². The van der Waals surface area contributed by atoms with Gasteiger partial charge in [0, 0.05) is 25.1 Å². The Labute approximate surface area is 134 Å². The highest BCUT2D eigenvalue weighted by Crippen LogP contribution is 2.35. The van der Waals surface area contributed by atoms with Gasteiger partial charge in [-0.05, 0) is 18.2 Å². The number of hydrogen-bond donors (Lipinski definition) is 1. The van der Waals surface area contributed by atoms with Gasteiger partial charge in [0.05, 0.1) is 10.6 Å². The first-order chi connectivity index (χ1) is 10.7. The van der Waals surface area contributed by atoms with Gasteiger partial charge < -0.3 is 4.90 Å². The number of carbonyl (C=O) groups is 1. The third-order valence-corrected chi connectivity index (χ3v) is 3.55. The summed E-state index contributed by atoms with van der Waals surface area (Å²) >= 11 is 5.55. The lowest BCUT2D eigenvalue weighted by Gasteiger charge is -2.20. The molecule has 0 radical (unpaired) electrons. The van der Waals surface area contributed by atoms with Crippen LogP contribution in [0.3, 0.4) is 0 Å². The van der Waals surface area contributed by atoms with Crippen LogP contribution < -0.4 is 0 Å². The summed E-state index contributed by atoms with van der Waals surface area (Å²) in [6.07, 6.45) is -4.62. The van der Waals surface area contributed by atoms with Crippen LogP contribution in [-0.2, 0) is 6.18 Å². The molecule has 0 spiro atoms. The van der Waals surface area contributed by atoms with Crippen LogP contribution in [0.5, 0.6) is 0 Å². The fraction of sp³-hybridized carbons (Fsp3) is 0.385. The minimum Gasteiger partial charge on any atom is -0.341 e. The number of benzene rings is 1. The molecule has 10 heteroatoms. The molecule has 1 N–H and O–H groups in total. The summed E-state index contributed by atoms with van der Waals surface area (Å²) in [6, 6.07) is 3.07. The molecule has 2 rings (SSSR count). The molecule has 0 unspecified atom stereocenters. The fourth-order valence-electron chi connectivity index (χ4n) is 2.05. The first kappa shape index (κ1) is 17.2. The van der Waals surface area contributed by atoms with Gasteiger partial charge in [-0.25, -0.2) is 0 Å². The van der Waals surface area contributed by atoms with Gasteiger partial charge >= 0.3 is 6.18 Å². The number of nitrogens with zero attached hydrogens (tertiary/aromatic N) is 4. The SMILES string of the molecule is C[C@@H](CN(C)C(=O)c1ccc(Cl)c(C(F)(F)F)c1)c1nn[nH]n1. The minimum absolute atomic E-state index is 0.0930. The number of alkyl halides is 3. The highest BCUT2D eigenvalue weighted by Gasteiger charge is 2.34. The normalized spacial score (nSPS) is 13.0. The maximum atomic E-state index is 12.9. The van der Waals surface area contributed by atoms with Crippen LogP contribution in [0.2, 0.25) is 5.02 Å². The monoisotopic (exact) mass is 347 g/mol. The van der Waals surface area contributed by atoms with Gasteiger partial charge in [0.15, 0.2) is 5.82 Å². The maximum Gasteiger partial charge on any atom is 0.417 e. The molecule has 1 aromatic heterocycles. The van der Waals surface area contributed by atoms with E-state index < -0.39 is 22.7 Å². The zero-order valence-electron chi connectivity index (χ0n) is 12.2. The highest BCUT2D eigenvalue weighted by molar-refractivity contribution is 6.31. The summed E-state index contributed by atoms with van der Waals surface area (Å²) < 4.78 is 38.6. The molecule has 2 aromatic rings. The molecule has 0 aliphatic carbocycles. The topological polar surface area (TPSA) is 74.8 Å². The zero-order valence-corrected chi connectivity index (χ0v) is 13.0. The third kappa shape index (κ3) is 3.98. The molecular formula is C13H13ClF3N5O. The van der Waals surface area contributed by atoms with Crippen LogP contribution >= 0.6 is 11.6 Å². The molecule has 0 saturated heterocycles. The van der Waals surface area contributed by atoms with Gasteiger partial charge in [0.1, 0.15) is 0 Å². The second-order valence-electron chi connectivity index (χ2n) is 5.05. The molecule has 0 bridgehead atoms. The van der Waals surface area contributed by atoms with E-state index >= 15 is 0 Å². The van der Waals surface area contributed by atoms with E-state index in [2.05, 4.69) is 20.6 Å². The summed E-state index contributed by atoms with van der Waals surface area (Å²) in [5.41, 5.74) is -1.13. The first-order valence-corrected chi connectivity index (χ1v) is 6.93. The molecule has 1 atom stereocenters. The second kappa shape index (κ2) is 6.53. The van der Waals surface area contributed by atoms with Crippen LogP contribution in [0.1, 0.15) is 34.6 Å². The molecule has 124 valence electrons. The van der Waals surface area contributed by atoms with E-state index in [1.165, 1.54) is 18.0 Å². The Balaban J connectivity index is 2.16. The molecule has 1 heterocycles. The Kier molecular flexibility index (Phi) is 4.88. The van der Waals surface area contributed by atoms with Crippen molar-refractivity contribution in [3.05, 3.63) is 40.2 Å². The number of H-pyrrole nitrogens is 1. The molecule has 0 fully saturated rings. The molecule has 0 aliphatic rings. The van der Waals surface area contributed by atoms with E-state index in [9.17, 15) is 18.0 Å². The Hall–Kier alpha value is -2.16. The van der Waals surface area contributed by atoms with Gasteiger partial charge in [-0.1, -0.05) is 23.7 Å². The fourth-order valence-corrected chi connectivity index (χ4v) is 2.27. The van der Waals surface area contributed by atoms with E-state index in [0.29, 0.717) is 5.82 Å². The number of aromatic amines is 1. The average Bonchev–Trinajstić information content (AvgIpc) is 3.00. The standard InChI is InChI=1S/C13H13ClF3N5O/c1-7(11-18-20-21-19-11)6-22(2)12(23)8-3-4-10(14)9(5-8)13(15,16)17/h3-5,7H,6H2,1-2H3,(H,18,19,20,21)/t7-/m0/s1. The average molecular weight is 348 g/mol. The number of nitrogens with one attached hydrogen (secondary N) is 1. The Morgan fingerprint density at radius 3 is 2.70 bits per heavy atom. The Morgan fingerprint density at radius 1 is 1.43 bits per heavy atom. The van der Waals surface area contributed by atoms with Gasteiger partial charge in [-0.15, -0.1) is 10.2 Å². The molecule has 0 aliphatic heterocycles. The number of tetrazole rings is 1. The van der Waals surface area contributed by atoms with Crippen LogP contribution in [0, 0.1) is 0 Å². The summed E-state index contributed by atoms with van der Waals surface area (Å²) in [4.78, 5) is 13.6. The van der Waals surface area contributed by atoms with Crippen molar-refractivity contribution >= 4 is 17.5 Å². The lowest BCUT2D eigenvalue weighted by atomic mass is 10.1. The van der Waals surface area contributed by atoms with Crippen LogP contribution in [-0.4, -0.2) is 45.0 Å². The predicted octanol–water partition coefficient (Wildman–Crippen LogP) is 2.75. The number of likely N-dealkylation sites (N-methyl/N-ethyl adjacent to an activating group) is 1. The van der Waals surface area contributed by atoms with Crippen LogP contribution in [0.4, 0.5) is 13.2 Å². The van der Waals surface area contributed by atoms with Crippen molar-refractivity contribution in [1.29, 1.82) is 0 Å². The van der Waals surface area contributed by atoms with Crippen molar-refractivity contribution < 1.29 is 18.0 Å². The number of aromatic nitrogens is 4. The zero-order chi connectivity index (χ0) is 17.2. The molecule has 23 heavy (non-hydrogen) atoms. The van der Waals surface area contributed by atoms with Gasteiger partial charge in [-0.3, -0.25) is 4.79 Å². The van der Waals surface area contributed by atoms with Crippen molar-refractivity contribution in [3.8, 4) is 0 Å². The Morgan fingerprint density at radius 2 is 2.13 bits per heavy atom. The second-order valence-corrected chi connectivity index (χ2v) is 5.46. The van der Waals surface area contributed by atoms with Crippen molar-refractivity contribution in [3.63, 3.8) is 0 Å². The lowest BCUT2D eigenvalue weighted by molar-refractivity contribution is -0.137. The quantitative estimate of drug-likeness (QED) is 0.922. The van der Waals surface area contributed by atoms with E-state index in [1.54, 1.807) is 6.92 Å². The van der Waals surface area contributed by atoms with Crippen molar-refractivity contribution in [1.82, 2.24) is 25.5 Å². The maximum absolute atomic E-state index is 12.9. The number of hydrogen-bond acceptors (Lipinski definition) is 4.